The predicted octanol–water partition coefficient (Wildman–Crippen LogP) is 2.46. The van der Waals surface area contributed by atoms with Gasteiger partial charge in [0.1, 0.15) is 11.9 Å². The highest BCUT2D eigenvalue weighted by Gasteiger charge is 2.46. The Morgan fingerprint density at radius 2 is 2.20 bits per heavy atom. The first-order valence-corrected chi connectivity index (χ1v) is 7.46. The zero-order valence-electron chi connectivity index (χ0n) is 12.1. The third-order valence-electron chi connectivity index (χ3n) is 4.12. The molecule has 4 nitrogen and oxygen atoms in total. The van der Waals surface area contributed by atoms with Crippen LogP contribution < -0.4 is 10.1 Å². The van der Waals surface area contributed by atoms with Gasteiger partial charge in [-0.15, -0.1) is 0 Å². The predicted molar refractivity (Wildman–Crippen MR) is 77.4 cm³/mol. The molecule has 1 heterocycles. The lowest BCUT2D eigenvalue weighted by Crippen LogP contribution is -2.33. The van der Waals surface area contributed by atoms with E-state index in [0.717, 1.165) is 37.0 Å². The number of hydrogen-bond acceptors (Lipinski definition) is 3. The van der Waals surface area contributed by atoms with Gasteiger partial charge >= 0.3 is 0 Å². The number of nitrogens with zero attached hydrogens (tertiary/aromatic N) is 1. The van der Waals surface area contributed by atoms with Crippen LogP contribution in [0.15, 0.2) is 24.3 Å². The quantitative estimate of drug-likeness (QED) is 0.896. The van der Waals surface area contributed by atoms with Gasteiger partial charge in [-0.05, 0) is 37.0 Å². The summed E-state index contributed by atoms with van der Waals surface area (Å²) in [7, 11) is 1.67. The summed E-state index contributed by atoms with van der Waals surface area (Å²) in [5.41, 5.74) is 1.11. The average molecular weight is 274 g/mol. The molecule has 4 heteroatoms. The molecule has 2 aliphatic rings. The molecule has 2 unspecified atom stereocenters. The standard InChI is InChI=1S/C16H22N2O2/c1-3-5-14-16(19)18(12-8-9-12)15(17-14)11-6-4-7-13(10-11)20-2/h4,6-7,10,12,14-15,17H,3,5,8-9H2,1-2H3. The van der Waals surface area contributed by atoms with Crippen molar-refractivity contribution in [1.82, 2.24) is 10.2 Å². The number of nitrogens with one attached hydrogen (secondary N) is 1. The van der Waals surface area contributed by atoms with Crippen LogP contribution in [0.25, 0.3) is 0 Å². The van der Waals surface area contributed by atoms with Crippen LogP contribution in [0.2, 0.25) is 0 Å². The number of benzene rings is 1. The second kappa shape index (κ2) is 5.44. The Bertz CT molecular complexity index is 499. The molecular weight excluding hydrogens is 252 g/mol. The van der Waals surface area contributed by atoms with E-state index in [0.29, 0.717) is 6.04 Å². The van der Waals surface area contributed by atoms with E-state index in [2.05, 4.69) is 23.2 Å². The topological polar surface area (TPSA) is 41.6 Å². The van der Waals surface area contributed by atoms with Crippen LogP contribution in [0.3, 0.4) is 0 Å². The Kier molecular flexibility index (Phi) is 3.66. The molecule has 1 aromatic rings. The number of ether oxygens (including phenoxy) is 1. The fourth-order valence-electron chi connectivity index (χ4n) is 2.96. The highest BCUT2D eigenvalue weighted by atomic mass is 16.5. The summed E-state index contributed by atoms with van der Waals surface area (Å²) >= 11 is 0. The first kappa shape index (κ1) is 13.4. The van der Waals surface area contributed by atoms with E-state index in [1.165, 1.54) is 0 Å². The maximum absolute atomic E-state index is 12.5. The normalized spacial score (nSPS) is 26.1. The number of hydrogen-bond donors (Lipinski definition) is 1. The summed E-state index contributed by atoms with van der Waals surface area (Å²) in [6, 6.07) is 8.40. The highest BCUT2D eigenvalue weighted by molar-refractivity contribution is 5.85. The molecule has 0 bridgehead atoms. The summed E-state index contributed by atoms with van der Waals surface area (Å²) in [6.07, 6.45) is 4.19. The second-order valence-electron chi connectivity index (χ2n) is 5.66. The van der Waals surface area contributed by atoms with E-state index in [4.69, 9.17) is 4.74 Å². The van der Waals surface area contributed by atoms with Crippen molar-refractivity contribution < 1.29 is 9.53 Å². The van der Waals surface area contributed by atoms with E-state index >= 15 is 0 Å². The Labute approximate surface area is 120 Å². The molecule has 0 aromatic heterocycles. The molecule has 1 N–H and O–H groups in total. The lowest BCUT2D eigenvalue weighted by molar-refractivity contribution is -0.130. The van der Waals surface area contributed by atoms with Crippen molar-refractivity contribution in [3.8, 4) is 5.75 Å². The Morgan fingerprint density at radius 3 is 2.85 bits per heavy atom. The van der Waals surface area contributed by atoms with E-state index < -0.39 is 0 Å². The number of methoxy groups -OCH3 is 1. The second-order valence-corrected chi connectivity index (χ2v) is 5.66. The highest BCUT2D eigenvalue weighted by Crippen LogP contribution is 2.38. The Hall–Kier alpha value is -1.55. The van der Waals surface area contributed by atoms with Gasteiger partial charge in [-0.1, -0.05) is 25.5 Å². The van der Waals surface area contributed by atoms with Crippen molar-refractivity contribution in [2.75, 3.05) is 7.11 Å². The van der Waals surface area contributed by atoms with Gasteiger partial charge in [0.05, 0.1) is 13.2 Å². The molecule has 1 saturated heterocycles. The summed E-state index contributed by atoms with van der Waals surface area (Å²) in [6.45, 7) is 2.12. The van der Waals surface area contributed by atoms with Crippen LogP contribution >= 0.6 is 0 Å². The molecule has 0 radical (unpaired) electrons. The molecule has 20 heavy (non-hydrogen) atoms. The fourth-order valence-corrected chi connectivity index (χ4v) is 2.96. The maximum atomic E-state index is 12.5. The Morgan fingerprint density at radius 1 is 1.40 bits per heavy atom. The SMILES string of the molecule is CCCC1NC(c2cccc(OC)c2)N(C2CC2)C1=O. The monoisotopic (exact) mass is 274 g/mol. The van der Waals surface area contributed by atoms with Crippen LogP contribution in [-0.2, 0) is 4.79 Å². The van der Waals surface area contributed by atoms with E-state index in [9.17, 15) is 4.79 Å². The van der Waals surface area contributed by atoms with Crippen LogP contribution in [0.4, 0.5) is 0 Å². The molecule has 2 fully saturated rings. The molecule has 2 atom stereocenters. The minimum absolute atomic E-state index is 0.00153. The molecule has 1 saturated carbocycles. The van der Waals surface area contributed by atoms with Gasteiger partial charge < -0.3 is 9.64 Å². The number of carbonyl (C=O) groups is 1. The minimum Gasteiger partial charge on any atom is -0.497 e. The van der Waals surface area contributed by atoms with Crippen molar-refractivity contribution in [2.24, 2.45) is 0 Å². The smallest absolute Gasteiger partial charge is 0.241 e. The van der Waals surface area contributed by atoms with Gasteiger partial charge in [-0.25, -0.2) is 0 Å². The van der Waals surface area contributed by atoms with Crippen molar-refractivity contribution in [1.29, 1.82) is 0 Å². The molecule has 0 spiro atoms. The van der Waals surface area contributed by atoms with Crippen molar-refractivity contribution in [3.05, 3.63) is 29.8 Å². The van der Waals surface area contributed by atoms with Crippen molar-refractivity contribution in [3.63, 3.8) is 0 Å². The molecule has 1 amide bonds. The molecule has 1 aliphatic heterocycles. The lowest BCUT2D eigenvalue weighted by Gasteiger charge is -2.24. The van der Waals surface area contributed by atoms with Gasteiger partial charge in [-0.2, -0.15) is 0 Å². The van der Waals surface area contributed by atoms with Crippen molar-refractivity contribution >= 4 is 5.91 Å². The first-order chi connectivity index (χ1) is 9.74. The van der Waals surface area contributed by atoms with Gasteiger partial charge in [0.2, 0.25) is 5.91 Å². The first-order valence-electron chi connectivity index (χ1n) is 7.46. The maximum Gasteiger partial charge on any atom is 0.241 e. The number of carbonyl (C=O) groups excluding carboxylic acids is 1. The van der Waals surface area contributed by atoms with E-state index in [1.54, 1.807) is 7.11 Å². The summed E-state index contributed by atoms with van der Waals surface area (Å²) < 4.78 is 5.30. The molecular formula is C16H22N2O2. The van der Waals surface area contributed by atoms with Crippen LogP contribution in [-0.4, -0.2) is 30.0 Å². The number of amides is 1. The zero-order chi connectivity index (χ0) is 14.1. The van der Waals surface area contributed by atoms with Crippen LogP contribution in [0, 0.1) is 0 Å². The Balaban J connectivity index is 1.87. The molecule has 1 aliphatic carbocycles. The average Bonchev–Trinajstić information content (AvgIpc) is 3.25. The third-order valence-corrected chi connectivity index (χ3v) is 4.12. The molecule has 3 rings (SSSR count). The van der Waals surface area contributed by atoms with Gasteiger partial charge in [0.15, 0.2) is 0 Å². The van der Waals surface area contributed by atoms with E-state index in [1.807, 2.05) is 18.2 Å². The third kappa shape index (κ3) is 2.40. The lowest BCUT2D eigenvalue weighted by atomic mass is 10.1. The summed E-state index contributed by atoms with van der Waals surface area (Å²) in [4.78, 5) is 14.6. The zero-order valence-corrected chi connectivity index (χ0v) is 12.1. The van der Waals surface area contributed by atoms with Crippen molar-refractivity contribution in [2.45, 2.75) is 50.9 Å². The molecule has 1 aromatic carbocycles. The number of rotatable bonds is 5. The molecule has 108 valence electrons. The van der Waals surface area contributed by atoms with Crippen LogP contribution in [0.5, 0.6) is 5.75 Å². The summed E-state index contributed by atoms with van der Waals surface area (Å²) in [5.74, 6) is 1.11. The van der Waals surface area contributed by atoms with Crippen LogP contribution in [0.1, 0.15) is 44.3 Å². The van der Waals surface area contributed by atoms with Gasteiger partial charge in [0, 0.05) is 6.04 Å². The van der Waals surface area contributed by atoms with Gasteiger partial charge in [0.25, 0.3) is 0 Å². The van der Waals surface area contributed by atoms with Gasteiger partial charge in [-0.3, -0.25) is 10.1 Å². The summed E-state index contributed by atoms with van der Waals surface area (Å²) in [5, 5.41) is 3.50. The fraction of sp³-hybridized carbons (Fsp3) is 0.562. The van der Waals surface area contributed by atoms with E-state index in [-0.39, 0.29) is 18.1 Å². The largest absolute Gasteiger partial charge is 0.497 e. The minimum atomic E-state index is -0.0307.